The second-order valence-corrected chi connectivity index (χ2v) is 7.32. The number of esters is 1. The zero-order chi connectivity index (χ0) is 15.9. The third-order valence-corrected chi connectivity index (χ3v) is 5.54. The zero-order valence-corrected chi connectivity index (χ0v) is 14.7. The van der Waals surface area contributed by atoms with Crippen LogP contribution in [-0.2, 0) is 16.1 Å². The fraction of sp³-hybridized carbons (Fsp3) is 0.375. The van der Waals surface area contributed by atoms with Crippen molar-refractivity contribution < 1.29 is 14.3 Å². The van der Waals surface area contributed by atoms with Gasteiger partial charge in [0.15, 0.2) is 0 Å². The van der Waals surface area contributed by atoms with E-state index in [0.29, 0.717) is 23.5 Å². The number of ketones is 1. The fourth-order valence-corrected chi connectivity index (χ4v) is 4.27. The summed E-state index contributed by atoms with van der Waals surface area (Å²) >= 11 is 4.82. The molecule has 2 aromatic heterocycles. The minimum absolute atomic E-state index is 0.00833. The number of ether oxygens (including phenoxy) is 1. The predicted molar refractivity (Wildman–Crippen MR) is 88.5 cm³/mol. The maximum atomic E-state index is 12.6. The summed E-state index contributed by atoms with van der Waals surface area (Å²) in [5, 5.41) is 1.88. The third kappa shape index (κ3) is 2.65. The Morgan fingerprint density at radius 3 is 2.77 bits per heavy atom. The molecule has 22 heavy (non-hydrogen) atoms. The van der Waals surface area contributed by atoms with Gasteiger partial charge in [0.05, 0.1) is 22.6 Å². The molecule has 0 amide bonds. The van der Waals surface area contributed by atoms with E-state index in [1.807, 2.05) is 35.9 Å². The van der Waals surface area contributed by atoms with Crippen molar-refractivity contribution in [1.82, 2.24) is 4.57 Å². The molecule has 3 rings (SSSR count). The summed E-state index contributed by atoms with van der Waals surface area (Å²) in [5.41, 5.74) is 1.51. The molecule has 6 heteroatoms. The van der Waals surface area contributed by atoms with Crippen LogP contribution < -0.4 is 0 Å². The summed E-state index contributed by atoms with van der Waals surface area (Å²) in [6.45, 7) is 4.36. The van der Waals surface area contributed by atoms with Crippen LogP contribution in [0.2, 0.25) is 0 Å². The van der Waals surface area contributed by atoms with Gasteiger partial charge in [0.2, 0.25) is 5.78 Å². The molecule has 0 saturated heterocycles. The fourth-order valence-electron chi connectivity index (χ4n) is 2.77. The molecule has 1 atom stereocenters. The Balaban J connectivity index is 1.89. The van der Waals surface area contributed by atoms with Gasteiger partial charge >= 0.3 is 5.97 Å². The van der Waals surface area contributed by atoms with Crippen molar-refractivity contribution in [3.8, 4) is 0 Å². The number of nitrogens with zero attached hydrogens (tertiary/aromatic N) is 1. The molecular weight excluding hydrogens is 366 g/mol. The summed E-state index contributed by atoms with van der Waals surface area (Å²) in [5.74, 6) is -0.482. The first-order valence-corrected chi connectivity index (χ1v) is 8.84. The van der Waals surface area contributed by atoms with Crippen LogP contribution in [-0.4, -0.2) is 22.4 Å². The zero-order valence-electron chi connectivity index (χ0n) is 12.3. The highest BCUT2D eigenvalue weighted by Gasteiger charge is 2.33. The molecule has 116 valence electrons. The van der Waals surface area contributed by atoms with Crippen molar-refractivity contribution in [3.05, 3.63) is 44.3 Å². The number of thiophene rings is 1. The summed E-state index contributed by atoms with van der Waals surface area (Å²) in [6.07, 6.45) is 0.563. The predicted octanol–water partition coefficient (Wildman–Crippen LogP) is 3.98. The lowest BCUT2D eigenvalue weighted by atomic mass is 10.1. The lowest BCUT2D eigenvalue weighted by Gasteiger charge is -2.12. The molecule has 1 unspecified atom stereocenters. The molecule has 0 bridgehead atoms. The smallest absolute Gasteiger partial charge is 0.315 e. The average molecular weight is 382 g/mol. The number of carbonyl (C=O) groups is 2. The Morgan fingerprint density at radius 2 is 2.14 bits per heavy atom. The van der Waals surface area contributed by atoms with Crippen LogP contribution in [0.3, 0.4) is 0 Å². The molecular formula is C16H16BrNO3S. The van der Waals surface area contributed by atoms with Crippen molar-refractivity contribution in [2.24, 2.45) is 0 Å². The van der Waals surface area contributed by atoms with Crippen LogP contribution in [0.4, 0.5) is 0 Å². The molecule has 1 aliphatic rings. The van der Waals surface area contributed by atoms with E-state index in [0.717, 1.165) is 10.2 Å². The second-order valence-electron chi connectivity index (χ2n) is 5.55. The van der Waals surface area contributed by atoms with Gasteiger partial charge in [-0.15, -0.1) is 11.3 Å². The highest BCUT2D eigenvalue weighted by atomic mass is 79.9. The van der Waals surface area contributed by atoms with Crippen molar-refractivity contribution in [2.45, 2.75) is 38.8 Å². The lowest BCUT2D eigenvalue weighted by Crippen LogP contribution is -2.18. The highest BCUT2D eigenvalue weighted by molar-refractivity contribution is 9.10. The van der Waals surface area contributed by atoms with E-state index < -0.39 is 0 Å². The van der Waals surface area contributed by atoms with Crippen LogP contribution in [0.25, 0.3) is 0 Å². The lowest BCUT2D eigenvalue weighted by molar-refractivity contribution is -0.149. The molecule has 2 aromatic rings. The molecule has 4 nitrogen and oxygen atoms in total. The first-order chi connectivity index (χ1) is 10.5. The standard InChI is InChI=1S/C16H16BrNO3S/c1-9(2)21-16(20)10-5-7-18-12(10)3-4-13(18)14(19)15-11(17)6-8-22-15/h3-4,6,8-10H,5,7H2,1-2H3. The first kappa shape index (κ1) is 15.5. The molecule has 0 aromatic carbocycles. The van der Waals surface area contributed by atoms with Crippen LogP contribution in [0.15, 0.2) is 28.1 Å². The topological polar surface area (TPSA) is 48.3 Å². The molecule has 0 N–H and O–H groups in total. The van der Waals surface area contributed by atoms with Crippen LogP contribution in [0, 0.1) is 0 Å². The largest absolute Gasteiger partial charge is 0.462 e. The summed E-state index contributed by atoms with van der Waals surface area (Å²) < 4.78 is 8.07. The molecule has 0 radical (unpaired) electrons. The quantitative estimate of drug-likeness (QED) is 0.594. The molecule has 0 fully saturated rings. The molecule has 1 aliphatic heterocycles. The first-order valence-electron chi connectivity index (χ1n) is 7.16. The van der Waals surface area contributed by atoms with Gasteiger partial charge in [-0.05, 0) is 59.8 Å². The van der Waals surface area contributed by atoms with E-state index in [2.05, 4.69) is 15.9 Å². The summed E-state index contributed by atoms with van der Waals surface area (Å²) in [7, 11) is 0. The second kappa shape index (κ2) is 6.01. The van der Waals surface area contributed by atoms with Crippen LogP contribution in [0.1, 0.15) is 47.2 Å². The number of halogens is 1. The normalized spacial score (nSPS) is 16.8. The van der Waals surface area contributed by atoms with Crippen molar-refractivity contribution in [2.75, 3.05) is 0 Å². The number of carbonyl (C=O) groups excluding carboxylic acids is 2. The van der Waals surface area contributed by atoms with E-state index >= 15 is 0 Å². The summed E-state index contributed by atoms with van der Waals surface area (Å²) in [4.78, 5) is 25.5. The van der Waals surface area contributed by atoms with E-state index in [-0.39, 0.29) is 23.8 Å². The van der Waals surface area contributed by atoms with E-state index in [1.54, 1.807) is 6.07 Å². The minimum Gasteiger partial charge on any atom is -0.462 e. The number of aromatic nitrogens is 1. The average Bonchev–Trinajstić information content (AvgIpc) is 3.11. The van der Waals surface area contributed by atoms with Gasteiger partial charge in [0.1, 0.15) is 0 Å². The van der Waals surface area contributed by atoms with E-state index in [1.165, 1.54) is 11.3 Å². The van der Waals surface area contributed by atoms with Crippen molar-refractivity contribution in [1.29, 1.82) is 0 Å². The minimum atomic E-state index is -0.268. The molecule has 3 heterocycles. The summed E-state index contributed by atoms with van der Waals surface area (Å²) in [6, 6.07) is 5.54. The van der Waals surface area contributed by atoms with Gasteiger partial charge in [0, 0.05) is 16.7 Å². The Kier molecular flexibility index (Phi) is 4.23. The Hall–Kier alpha value is -1.40. The Bertz CT molecular complexity index is 732. The van der Waals surface area contributed by atoms with Gasteiger partial charge in [0.25, 0.3) is 0 Å². The Labute approximate surface area is 141 Å². The number of hydrogen-bond donors (Lipinski definition) is 0. The molecule has 0 spiro atoms. The van der Waals surface area contributed by atoms with Gasteiger partial charge < -0.3 is 9.30 Å². The highest BCUT2D eigenvalue weighted by Crippen LogP contribution is 2.34. The van der Waals surface area contributed by atoms with E-state index in [4.69, 9.17) is 4.74 Å². The van der Waals surface area contributed by atoms with Crippen molar-refractivity contribution >= 4 is 39.0 Å². The number of fused-ring (bicyclic) bond motifs is 1. The van der Waals surface area contributed by atoms with Crippen LogP contribution in [0.5, 0.6) is 0 Å². The SMILES string of the molecule is CC(C)OC(=O)C1CCn2c(C(=O)c3sccc3Br)ccc21. The maximum absolute atomic E-state index is 12.6. The molecule has 0 saturated carbocycles. The monoisotopic (exact) mass is 381 g/mol. The van der Waals surface area contributed by atoms with Gasteiger partial charge in [-0.1, -0.05) is 0 Å². The van der Waals surface area contributed by atoms with Gasteiger partial charge in [-0.3, -0.25) is 9.59 Å². The number of rotatable bonds is 4. The maximum Gasteiger partial charge on any atom is 0.315 e. The van der Waals surface area contributed by atoms with E-state index in [9.17, 15) is 9.59 Å². The van der Waals surface area contributed by atoms with Gasteiger partial charge in [-0.2, -0.15) is 0 Å². The van der Waals surface area contributed by atoms with Crippen LogP contribution >= 0.6 is 27.3 Å². The van der Waals surface area contributed by atoms with Crippen molar-refractivity contribution in [3.63, 3.8) is 0 Å². The molecule has 0 aliphatic carbocycles. The Morgan fingerprint density at radius 1 is 1.36 bits per heavy atom. The van der Waals surface area contributed by atoms with Gasteiger partial charge in [-0.25, -0.2) is 0 Å². The number of hydrogen-bond acceptors (Lipinski definition) is 4. The third-order valence-electron chi connectivity index (χ3n) is 3.71.